The van der Waals surface area contributed by atoms with E-state index in [1.165, 1.54) is 19.5 Å². The molecule has 2 fully saturated rings. The van der Waals surface area contributed by atoms with Gasteiger partial charge in [0, 0.05) is 51.0 Å². The molecule has 0 bridgehead atoms. The van der Waals surface area contributed by atoms with E-state index in [9.17, 15) is 5.11 Å². The van der Waals surface area contributed by atoms with Gasteiger partial charge in [0.15, 0.2) is 0 Å². The highest BCUT2D eigenvalue weighted by Crippen LogP contribution is 2.27. The molecule has 2 aliphatic heterocycles. The summed E-state index contributed by atoms with van der Waals surface area (Å²) in [6, 6.07) is 7.59. The number of anilines is 1. The van der Waals surface area contributed by atoms with E-state index in [4.69, 9.17) is 0 Å². The Morgan fingerprint density at radius 2 is 2.05 bits per heavy atom. The minimum Gasteiger partial charge on any atom is -0.508 e. The van der Waals surface area contributed by atoms with Crippen molar-refractivity contribution in [3.8, 4) is 5.75 Å². The lowest BCUT2D eigenvalue weighted by Gasteiger charge is -2.39. The summed E-state index contributed by atoms with van der Waals surface area (Å²) in [5.41, 5.74) is 1.59. The summed E-state index contributed by atoms with van der Waals surface area (Å²) in [5, 5.41) is 13.1. The van der Waals surface area contributed by atoms with Crippen LogP contribution in [0, 0.1) is 5.41 Å². The van der Waals surface area contributed by atoms with Gasteiger partial charge in [-0.2, -0.15) is 0 Å². The molecule has 20 heavy (non-hydrogen) atoms. The van der Waals surface area contributed by atoms with Crippen LogP contribution in [-0.2, 0) is 0 Å². The second-order valence-electron chi connectivity index (χ2n) is 6.52. The maximum Gasteiger partial charge on any atom is 0.117 e. The molecular weight excluding hydrogens is 250 g/mol. The molecule has 4 nitrogen and oxygen atoms in total. The number of phenolic OH excluding ortho intramolecular Hbond substituents is 1. The number of nitrogens with one attached hydrogen (secondary N) is 1. The number of piperazine rings is 1. The molecule has 2 aliphatic rings. The number of rotatable bonds is 3. The van der Waals surface area contributed by atoms with E-state index in [1.807, 2.05) is 12.1 Å². The topological polar surface area (TPSA) is 38.7 Å². The number of nitrogens with zero attached hydrogens (tertiary/aromatic N) is 2. The van der Waals surface area contributed by atoms with E-state index >= 15 is 0 Å². The first kappa shape index (κ1) is 13.7. The Morgan fingerprint density at radius 3 is 2.70 bits per heavy atom. The van der Waals surface area contributed by atoms with Gasteiger partial charge in [-0.05, 0) is 30.5 Å². The summed E-state index contributed by atoms with van der Waals surface area (Å²) < 4.78 is 0. The van der Waals surface area contributed by atoms with Crippen molar-refractivity contribution < 1.29 is 5.11 Å². The van der Waals surface area contributed by atoms with Crippen LogP contribution in [0.4, 0.5) is 5.69 Å². The molecule has 1 unspecified atom stereocenters. The summed E-state index contributed by atoms with van der Waals surface area (Å²) in [4.78, 5) is 4.96. The summed E-state index contributed by atoms with van der Waals surface area (Å²) in [5.74, 6) is 0.356. The van der Waals surface area contributed by atoms with Crippen LogP contribution in [0.3, 0.4) is 0 Å². The number of aromatic hydroxyl groups is 1. The zero-order chi connectivity index (χ0) is 14.0. The van der Waals surface area contributed by atoms with E-state index in [0.29, 0.717) is 11.2 Å². The number of hydrogen-bond acceptors (Lipinski definition) is 4. The molecule has 0 saturated carbocycles. The number of hydrogen-bond donors (Lipinski definition) is 2. The third kappa shape index (κ3) is 3.07. The van der Waals surface area contributed by atoms with Gasteiger partial charge in [-0.3, -0.25) is 4.90 Å². The largest absolute Gasteiger partial charge is 0.508 e. The molecule has 4 heteroatoms. The Bertz CT molecular complexity index is 449. The Morgan fingerprint density at radius 1 is 1.25 bits per heavy atom. The molecule has 3 rings (SSSR count). The molecule has 0 aromatic heterocycles. The third-order valence-corrected chi connectivity index (χ3v) is 4.63. The smallest absolute Gasteiger partial charge is 0.117 e. The maximum absolute atomic E-state index is 9.58. The normalized spacial score (nSPS) is 27.9. The first-order valence-corrected chi connectivity index (χ1v) is 7.62. The second kappa shape index (κ2) is 5.62. The van der Waals surface area contributed by atoms with Crippen molar-refractivity contribution in [2.24, 2.45) is 5.41 Å². The van der Waals surface area contributed by atoms with Crippen molar-refractivity contribution in [2.75, 3.05) is 50.7 Å². The monoisotopic (exact) mass is 275 g/mol. The molecule has 1 atom stereocenters. The SMILES string of the molecule is CC1(CN2CCN(c3cccc(O)c3)CC2)CCNC1. The van der Waals surface area contributed by atoms with Gasteiger partial charge in [-0.1, -0.05) is 13.0 Å². The summed E-state index contributed by atoms with van der Waals surface area (Å²) in [7, 11) is 0. The third-order valence-electron chi connectivity index (χ3n) is 4.63. The fraction of sp³-hybridized carbons (Fsp3) is 0.625. The minimum atomic E-state index is 0.356. The van der Waals surface area contributed by atoms with E-state index in [2.05, 4.69) is 28.1 Å². The Kier molecular flexibility index (Phi) is 3.85. The van der Waals surface area contributed by atoms with Crippen LogP contribution in [-0.4, -0.2) is 55.8 Å². The van der Waals surface area contributed by atoms with Gasteiger partial charge in [-0.25, -0.2) is 0 Å². The minimum absolute atomic E-state index is 0.356. The van der Waals surface area contributed by atoms with Gasteiger partial charge in [0.05, 0.1) is 0 Å². The molecule has 0 aliphatic carbocycles. The van der Waals surface area contributed by atoms with Gasteiger partial charge in [0.25, 0.3) is 0 Å². The molecular formula is C16H25N3O. The zero-order valence-electron chi connectivity index (χ0n) is 12.3. The lowest BCUT2D eigenvalue weighted by atomic mass is 9.89. The molecule has 0 spiro atoms. The highest BCUT2D eigenvalue weighted by molar-refractivity contribution is 5.50. The quantitative estimate of drug-likeness (QED) is 0.877. The number of benzene rings is 1. The van der Waals surface area contributed by atoms with Crippen molar-refractivity contribution in [3.05, 3.63) is 24.3 Å². The average molecular weight is 275 g/mol. The van der Waals surface area contributed by atoms with E-state index in [1.54, 1.807) is 6.07 Å². The molecule has 2 heterocycles. The second-order valence-corrected chi connectivity index (χ2v) is 6.52. The molecule has 1 aromatic carbocycles. The summed E-state index contributed by atoms with van der Waals surface area (Å²) >= 11 is 0. The van der Waals surface area contributed by atoms with Gasteiger partial charge < -0.3 is 15.3 Å². The Balaban J connectivity index is 1.54. The van der Waals surface area contributed by atoms with Crippen LogP contribution in [0.25, 0.3) is 0 Å². The van der Waals surface area contributed by atoms with Crippen LogP contribution >= 0.6 is 0 Å². The Labute approximate surface area is 121 Å². The Hall–Kier alpha value is -1.26. The van der Waals surface area contributed by atoms with Gasteiger partial charge in [0.1, 0.15) is 5.75 Å². The van der Waals surface area contributed by atoms with Crippen molar-refractivity contribution in [1.82, 2.24) is 10.2 Å². The first-order valence-electron chi connectivity index (χ1n) is 7.62. The van der Waals surface area contributed by atoms with E-state index in [0.717, 1.165) is 38.4 Å². The molecule has 1 aromatic rings. The maximum atomic E-state index is 9.58. The van der Waals surface area contributed by atoms with Crippen molar-refractivity contribution >= 4 is 5.69 Å². The summed E-state index contributed by atoms with van der Waals surface area (Å²) in [6.45, 7) is 10.2. The fourth-order valence-electron chi connectivity index (χ4n) is 3.40. The van der Waals surface area contributed by atoms with Crippen molar-refractivity contribution in [1.29, 1.82) is 0 Å². The fourth-order valence-corrected chi connectivity index (χ4v) is 3.40. The highest BCUT2D eigenvalue weighted by Gasteiger charge is 2.31. The zero-order valence-corrected chi connectivity index (χ0v) is 12.3. The molecule has 110 valence electrons. The molecule has 0 amide bonds. The van der Waals surface area contributed by atoms with Crippen LogP contribution < -0.4 is 10.2 Å². The lowest BCUT2D eigenvalue weighted by Crippen LogP contribution is -2.49. The number of phenols is 1. The average Bonchev–Trinajstić information content (AvgIpc) is 2.86. The van der Waals surface area contributed by atoms with Crippen LogP contribution in [0.1, 0.15) is 13.3 Å². The molecule has 0 radical (unpaired) electrons. The van der Waals surface area contributed by atoms with Crippen LogP contribution in [0.15, 0.2) is 24.3 Å². The first-order chi connectivity index (χ1) is 9.65. The van der Waals surface area contributed by atoms with E-state index < -0.39 is 0 Å². The predicted molar refractivity (Wildman–Crippen MR) is 82.4 cm³/mol. The van der Waals surface area contributed by atoms with Crippen LogP contribution in [0.5, 0.6) is 5.75 Å². The predicted octanol–water partition coefficient (Wildman–Crippen LogP) is 1.51. The molecule has 2 saturated heterocycles. The van der Waals surface area contributed by atoms with E-state index in [-0.39, 0.29) is 0 Å². The standard InChI is InChI=1S/C16H25N3O/c1-16(5-6-17-12-16)13-18-7-9-19(10-8-18)14-3-2-4-15(20)11-14/h2-4,11,17,20H,5-10,12-13H2,1H3. The highest BCUT2D eigenvalue weighted by atomic mass is 16.3. The van der Waals surface area contributed by atoms with Gasteiger partial charge in [-0.15, -0.1) is 0 Å². The van der Waals surface area contributed by atoms with Crippen molar-refractivity contribution in [3.63, 3.8) is 0 Å². The van der Waals surface area contributed by atoms with Gasteiger partial charge >= 0.3 is 0 Å². The summed E-state index contributed by atoms with van der Waals surface area (Å²) in [6.07, 6.45) is 1.29. The van der Waals surface area contributed by atoms with Crippen LogP contribution in [0.2, 0.25) is 0 Å². The lowest BCUT2D eigenvalue weighted by molar-refractivity contribution is 0.169. The molecule has 2 N–H and O–H groups in total. The van der Waals surface area contributed by atoms with Crippen molar-refractivity contribution in [2.45, 2.75) is 13.3 Å². The van der Waals surface area contributed by atoms with Gasteiger partial charge in [0.2, 0.25) is 0 Å².